The number of carbonyl (C=O) groups is 1. The summed E-state index contributed by atoms with van der Waals surface area (Å²) in [5.41, 5.74) is 0.122. The Morgan fingerprint density at radius 1 is 1.20 bits per heavy atom. The first-order chi connectivity index (χ1) is 14.3. The van der Waals surface area contributed by atoms with Crippen LogP contribution in [-0.2, 0) is 0 Å². The third-order valence-corrected chi connectivity index (χ3v) is 6.31. The Morgan fingerprint density at radius 2 is 1.80 bits per heavy atom. The topological polar surface area (TPSA) is 123 Å². The maximum absolute atomic E-state index is 15.3. The molecule has 2 aliphatic rings. The van der Waals surface area contributed by atoms with Gasteiger partial charge in [-0.15, -0.1) is 0 Å². The molecule has 0 spiro atoms. The van der Waals surface area contributed by atoms with E-state index in [-0.39, 0.29) is 49.0 Å². The highest BCUT2D eigenvalue weighted by molar-refractivity contribution is 5.95. The number of carboxylic acid groups (broad SMARTS) is 1. The molecule has 2 aromatic rings. The molecule has 0 bridgehead atoms. The van der Waals surface area contributed by atoms with Crippen molar-refractivity contribution in [1.29, 1.82) is 0 Å². The minimum Gasteiger partial charge on any atom is -0.477 e. The molecule has 1 aliphatic carbocycles. The van der Waals surface area contributed by atoms with Gasteiger partial charge in [0, 0.05) is 42.6 Å². The molecule has 9 heteroatoms. The Kier molecular flexibility index (Phi) is 5.29. The molecule has 0 amide bonds. The summed E-state index contributed by atoms with van der Waals surface area (Å²) in [6.45, 7) is 1.46. The van der Waals surface area contributed by atoms with Crippen molar-refractivity contribution in [2.24, 2.45) is 11.8 Å². The number of fused-ring (bicyclic) bond motifs is 1. The van der Waals surface area contributed by atoms with Crippen LogP contribution in [0.25, 0.3) is 10.9 Å². The fourth-order valence-electron chi connectivity index (χ4n) is 4.61. The van der Waals surface area contributed by atoms with Crippen molar-refractivity contribution in [2.45, 2.75) is 31.9 Å². The van der Waals surface area contributed by atoms with E-state index in [4.69, 9.17) is 0 Å². The molecule has 1 saturated heterocycles. The second-order valence-corrected chi connectivity index (χ2v) is 8.32. The number of rotatable bonds is 5. The van der Waals surface area contributed by atoms with Crippen molar-refractivity contribution in [2.75, 3.05) is 31.2 Å². The zero-order chi connectivity index (χ0) is 21.7. The van der Waals surface area contributed by atoms with Crippen LogP contribution in [0.15, 0.2) is 17.1 Å². The van der Waals surface area contributed by atoms with Gasteiger partial charge in [0.2, 0.25) is 5.43 Å². The lowest BCUT2D eigenvalue weighted by molar-refractivity contribution is -0.00862. The van der Waals surface area contributed by atoms with Crippen molar-refractivity contribution >= 4 is 22.6 Å². The van der Waals surface area contributed by atoms with Crippen molar-refractivity contribution < 1.29 is 29.6 Å². The number of hydrogen-bond acceptors (Lipinski definition) is 6. The van der Waals surface area contributed by atoms with E-state index in [9.17, 15) is 30.0 Å². The van der Waals surface area contributed by atoms with Gasteiger partial charge in [-0.1, -0.05) is 0 Å². The molecule has 2 heterocycles. The van der Waals surface area contributed by atoms with E-state index in [1.807, 2.05) is 0 Å². The number of halogens is 1. The molecule has 1 aliphatic heterocycles. The first kappa shape index (κ1) is 20.8. The number of carboxylic acids is 1. The van der Waals surface area contributed by atoms with Crippen molar-refractivity contribution in [3.63, 3.8) is 0 Å². The molecular weight excluding hydrogens is 395 g/mol. The van der Waals surface area contributed by atoms with E-state index < -0.39 is 35.2 Å². The van der Waals surface area contributed by atoms with Crippen LogP contribution in [0.5, 0.6) is 0 Å². The molecule has 4 N–H and O–H groups in total. The van der Waals surface area contributed by atoms with Gasteiger partial charge >= 0.3 is 5.97 Å². The lowest BCUT2D eigenvalue weighted by atomic mass is 9.86. The van der Waals surface area contributed by atoms with Crippen molar-refractivity contribution in [3.05, 3.63) is 39.4 Å². The van der Waals surface area contributed by atoms with E-state index in [0.29, 0.717) is 11.1 Å². The highest BCUT2D eigenvalue weighted by atomic mass is 19.1. The number of nitrogens with zero attached hydrogens (tertiary/aromatic N) is 2. The predicted octanol–water partition coefficient (Wildman–Crippen LogP) is 0.880. The Labute approximate surface area is 171 Å². The monoisotopic (exact) mass is 420 g/mol. The van der Waals surface area contributed by atoms with Gasteiger partial charge in [0.25, 0.3) is 0 Å². The molecule has 1 aromatic carbocycles. The molecule has 162 valence electrons. The van der Waals surface area contributed by atoms with Gasteiger partial charge in [0.15, 0.2) is 0 Å². The van der Waals surface area contributed by atoms with Crippen LogP contribution < -0.4 is 10.3 Å². The highest BCUT2D eigenvalue weighted by Crippen LogP contribution is 2.40. The Balaban J connectivity index is 1.92. The number of aromatic nitrogens is 1. The minimum atomic E-state index is -1.35. The molecule has 2 atom stereocenters. The lowest BCUT2D eigenvalue weighted by Crippen LogP contribution is -2.52. The minimum absolute atomic E-state index is 0.0232. The summed E-state index contributed by atoms with van der Waals surface area (Å²) in [5, 5.41) is 39.0. The second kappa shape index (κ2) is 7.64. The Morgan fingerprint density at radius 3 is 2.30 bits per heavy atom. The summed E-state index contributed by atoms with van der Waals surface area (Å²) in [7, 11) is 0. The second-order valence-electron chi connectivity index (χ2n) is 8.32. The predicted molar refractivity (Wildman–Crippen MR) is 108 cm³/mol. The molecular formula is C21H25FN2O6. The summed E-state index contributed by atoms with van der Waals surface area (Å²) in [6.07, 6.45) is 2.13. The van der Waals surface area contributed by atoms with Crippen LogP contribution in [0.2, 0.25) is 0 Å². The summed E-state index contributed by atoms with van der Waals surface area (Å²) >= 11 is 0. The third kappa shape index (κ3) is 3.27. The number of hydrogen-bond donors (Lipinski definition) is 4. The van der Waals surface area contributed by atoms with E-state index in [1.165, 1.54) is 6.20 Å². The molecule has 1 saturated carbocycles. The van der Waals surface area contributed by atoms with E-state index in [0.717, 1.165) is 18.9 Å². The van der Waals surface area contributed by atoms with Gasteiger partial charge < -0.3 is 29.9 Å². The maximum Gasteiger partial charge on any atom is 0.341 e. The zero-order valence-corrected chi connectivity index (χ0v) is 16.6. The first-order valence-corrected chi connectivity index (χ1v) is 10.0. The summed E-state index contributed by atoms with van der Waals surface area (Å²) in [4.78, 5) is 25.9. The maximum atomic E-state index is 15.3. The normalized spacial score (nSPS) is 24.4. The van der Waals surface area contributed by atoms with E-state index in [1.54, 1.807) is 16.4 Å². The number of aliphatic hydroxyl groups is 3. The average Bonchev–Trinajstić information content (AvgIpc) is 3.54. The fourth-order valence-corrected chi connectivity index (χ4v) is 4.61. The van der Waals surface area contributed by atoms with Gasteiger partial charge in [0.05, 0.1) is 30.5 Å². The van der Waals surface area contributed by atoms with E-state index in [2.05, 4.69) is 0 Å². The number of pyridine rings is 1. The van der Waals surface area contributed by atoms with Crippen LogP contribution in [0.4, 0.5) is 10.1 Å². The molecule has 8 nitrogen and oxygen atoms in total. The van der Waals surface area contributed by atoms with Crippen LogP contribution in [-0.4, -0.2) is 63.4 Å². The molecule has 0 radical (unpaired) electrons. The van der Waals surface area contributed by atoms with Crippen LogP contribution in [0, 0.1) is 24.6 Å². The number of benzene rings is 1. The van der Waals surface area contributed by atoms with Gasteiger partial charge in [-0.25, -0.2) is 9.18 Å². The molecule has 2 unspecified atom stereocenters. The van der Waals surface area contributed by atoms with E-state index >= 15 is 4.39 Å². The smallest absolute Gasteiger partial charge is 0.341 e. The SMILES string of the molecule is Cc1c(N2CC(CO)C(O)C(CO)C2)c(F)cc2c(=O)c(C(=O)O)cn(C3CC3)c12. The number of anilines is 1. The van der Waals surface area contributed by atoms with Crippen LogP contribution in [0.3, 0.4) is 0 Å². The molecule has 4 rings (SSSR count). The molecule has 2 fully saturated rings. The van der Waals surface area contributed by atoms with Crippen molar-refractivity contribution in [1.82, 2.24) is 4.57 Å². The van der Waals surface area contributed by atoms with Gasteiger partial charge in [-0.3, -0.25) is 4.79 Å². The van der Waals surface area contributed by atoms with Gasteiger partial charge in [-0.05, 0) is 31.4 Å². The largest absolute Gasteiger partial charge is 0.477 e. The molecule has 30 heavy (non-hydrogen) atoms. The number of aliphatic hydroxyl groups excluding tert-OH is 3. The zero-order valence-electron chi connectivity index (χ0n) is 16.6. The van der Waals surface area contributed by atoms with Crippen LogP contribution in [0.1, 0.15) is 34.8 Å². The standard InChI is InChI=1S/C21H25FN2O6/c1-10-17-14(20(28)15(21(29)30)7-24(17)13-2-3-13)4-16(22)18(10)23-5-11(8-25)19(27)12(6-23)9-26/h4,7,11-13,19,25-27H,2-3,5-6,8-9H2,1H3,(H,29,30). The first-order valence-electron chi connectivity index (χ1n) is 10.0. The highest BCUT2D eigenvalue weighted by Gasteiger charge is 2.37. The Bertz CT molecular complexity index is 1050. The number of piperidine rings is 1. The lowest BCUT2D eigenvalue weighted by Gasteiger charge is -2.42. The van der Waals surface area contributed by atoms with Crippen LogP contribution >= 0.6 is 0 Å². The number of aryl methyl sites for hydroxylation is 1. The fraction of sp³-hybridized carbons (Fsp3) is 0.524. The Hall–Kier alpha value is -2.49. The average molecular weight is 420 g/mol. The summed E-state index contributed by atoms with van der Waals surface area (Å²) in [6, 6.07) is 1.14. The van der Waals surface area contributed by atoms with Crippen molar-refractivity contribution in [3.8, 4) is 0 Å². The van der Waals surface area contributed by atoms with Gasteiger partial charge in [-0.2, -0.15) is 0 Å². The third-order valence-electron chi connectivity index (χ3n) is 6.31. The molecule has 1 aromatic heterocycles. The van der Waals surface area contributed by atoms with Gasteiger partial charge in [0.1, 0.15) is 11.4 Å². The summed E-state index contributed by atoms with van der Waals surface area (Å²) < 4.78 is 17.0. The number of aromatic carboxylic acids is 1. The summed E-state index contributed by atoms with van der Waals surface area (Å²) in [5.74, 6) is -3.12. The quantitative estimate of drug-likeness (QED) is 0.566.